The average molecular weight is 496 g/mol. The fraction of sp³-hybridized carbons (Fsp3) is 0.115. The molecule has 35 heavy (non-hydrogen) atoms. The number of aryl methyl sites for hydroxylation is 1. The number of carbonyl (C=O) groups excluding carboxylic acids is 1. The summed E-state index contributed by atoms with van der Waals surface area (Å²) in [4.78, 5) is 32.4. The lowest BCUT2D eigenvalue weighted by atomic mass is 10.0. The summed E-state index contributed by atoms with van der Waals surface area (Å²) in [5, 5.41) is 0.848. The highest BCUT2D eigenvalue weighted by Crippen LogP contribution is 2.36. The van der Waals surface area contributed by atoms with Crippen LogP contribution in [0.1, 0.15) is 28.5 Å². The Kier molecular flexibility index (Phi) is 5.48. The number of halogens is 4. The van der Waals surface area contributed by atoms with Crippen molar-refractivity contribution in [3.63, 3.8) is 0 Å². The third-order valence-electron chi connectivity index (χ3n) is 5.98. The summed E-state index contributed by atoms with van der Waals surface area (Å²) >= 11 is 6.38. The van der Waals surface area contributed by atoms with E-state index < -0.39 is 23.0 Å². The lowest BCUT2D eigenvalue weighted by Crippen LogP contribution is -2.12. The van der Waals surface area contributed by atoms with Gasteiger partial charge in [0.05, 0.1) is 23.3 Å². The molecule has 0 amide bonds. The van der Waals surface area contributed by atoms with Gasteiger partial charge in [0.2, 0.25) is 0 Å². The molecule has 0 radical (unpaired) electrons. The smallest absolute Gasteiger partial charge is 0.255 e. The van der Waals surface area contributed by atoms with Crippen molar-refractivity contribution >= 4 is 39.2 Å². The summed E-state index contributed by atoms with van der Waals surface area (Å²) in [6.45, 7) is 2.92. The first-order valence-electron chi connectivity index (χ1n) is 10.6. The Morgan fingerprint density at radius 1 is 1.09 bits per heavy atom. The molecule has 0 saturated heterocycles. The molecule has 0 aliphatic carbocycles. The summed E-state index contributed by atoms with van der Waals surface area (Å²) in [7, 11) is 0. The first-order valence-corrected chi connectivity index (χ1v) is 11.0. The molecule has 3 heterocycles. The maximum Gasteiger partial charge on any atom is 0.255 e. The van der Waals surface area contributed by atoms with E-state index in [1.807, 2.05) is 0 Å². The second-order valence-corrected chi connectivity index (χ2v) is 8.65. The highest BCUT2D eigenvalue weighted by molar-refractivity contribution is 6.30. The van der Waals surface area contributed by atoms with Crippen LogP contribution in [0, 0.1) is 24.4 Å². The summed E-state index contributed by atoms with van der Waals surface area (Å²) in [5.41, 5.74) is 1.70. The fourth-order valence-corrected chi connectivity index (χ4v) is 4.57. The predicted octanol–water partition coefficient (Wildman–Crippen LogP) is 6.17. The summed E-state index contributed by atoms with van der Waals surface area (Å²) in [6, 6.07) is 9.62. The van der Waals surface area contributed by atoms with Gasteiger partial charge < -0.3 is 9.55 Å². The van der Waals surface area contributed by atoms with Crippen LogP contribution >= 0.6 is 11.6 Å². The molecule has 0 bridgehead atoms. The Bertz CT molecular complexity index is 1740. The van der Waals surface area contributed by atoms with Crippen LogP contribution in [-0.2, 0) is 6.54 Å². The number of ketones is 1. The predicted molar refractivity (Wildman–Crippen MR) is 128 cm³/mol. The van der Waals surface area contributed by atoms with E-state index in [9.17, 15) is 22.8 Å². The minimum Gasteiger partial charge on any atom is -0.333 e. The second-order valence-electron chi connectivity index (χ2n) is 8.29. The van der Waals surface area contributed by atoms with E-state index in [-0.39, 0.29) is 34.3 Å². The molecule has 0 saturated carbocycles. The third kappa shape index (κ3) is 3.80. The highest BCUT2D eigenvalue weighted by Gasteiger charge is 2.25. The summed E-state index contributed by atoms with van der Waals surface area (Å²) < 4.78 is 43.7. The number of pyridine rings is 2. The van der Waals surface area contributed by atoms with Gasteiger partial charge in [-0.25, -0.2) is 18.2 Å². The van der Waals surface area contributed by atoms with Crippen LogP contribution in [-0.4, -0.2) is 20.3 Å². The largest absolute Gasteiger partial charge is 0.333 e. The van der Waals surface area contributed by atoms with Gasteiger partial charge in [0.25, 0.3) is 5.56 Å². The molecule has 1 N–H and O–H groups in total. The standard InChI is InChI=1S/C26H17ClF3N3O2/c1-12-6-17-22(10-18(12)28)33(24(13(2)34)23(17)16-4-3-5-31-26(16)35)11-15-7-14-8-19(29)20(30)9-21(14)32-25(15)27/h3-10H,11H2,1-2H3,(H,31,35). The number of aromatic nitrogens is 3. The molecule has 9 heteroatoms. The Balaban J connectivity index is 1.82. The van der Waals surface area contributed by atoms with E-state index in [1.54, 1.807) is 35.8 Å². The van der Waals surface area contributed by atoms with Crippen LogP contribution in [0.3, 0.4) is 0 Å². The van der Waals surface area contributed by atoms with Gasteiger partial charge in [-0.1, -0.05) is 11.6 Å². The molecule has 5 nitrogen and oxygen atoms in total. The number of fused-ring (bicyclic) bond motifs is 2. The molecule has 5 aromatic rings. The van der Waals surface area contributed by atoms with Crippen molar-refractivity contribution in [1.29, 1.82) is 0 Å². The summed E-state index contributed by atoms with van der Waals surface area (Å²) in [6.07, 6.45) is 1.48. The zero-order valence-electron chi connectivity index (χ0n) is 18.5. The van der Waals surface area contributed by atoms with E-state index in [4.69, 9.17) is 11.6 Å². The monoisotopic (exact) mass is 495 g/mol. The lowest BCUT2D eigenvalue weighted by Gasteiger charge is -2.12. The van der Waals surface area contributed by atoms with E-state index in [0.717, 1.165) is 12.1 Å². The normalized spacial score (nSPS) is 11.5. The number of H-pyrrole nitrogens is 1. The first kappa shape index (κ1) is 22.9. The van der Waals surface area contributed by atoms with Gasteiger partial charge in [0.1, 0.15) is 11.0 Å². The van der Waals surface area contributed by atoms with Crippen LogP contribution in [0.2, 0.25) is 5.15 Å². The highest BCUT2D eigenvalue weighted by atomic mass is 35.5. The van der Waals surface area contributed by atoms with E-state index in [1.165, 1.54) is 19.2 Å². The minimum absolute atomic E-state index is 0.0200. The topological polar surface area (TPSA) is 67.8 Å². The van der Waals surface area contributed by atoms with Crippen LogP contribution in [0.15, 0.2) is 53.5 Å². The number of hydrogen-bond acceptors (Lipinski definition) is 3. The van der Waals surface area contributed by atoms with Crippen molar-refractivity contribution < 1.29 is 18.0 Å². The van der Waals surface area contributed by atoms with Crippen LogP contribution < -0.4 is 5.56 Å². The number of aromatic amines is 1. The van der Waals surface area contributed by atoms with Crippen LogP contribution in [0.4, 0.5) is 13.2 Å². The molecule has 2 aromatic carbocycles. The number of benzene rings is 2. The number of rotatable bonds is 4. The number of carbonyl (C=O) groups is 1. The van der Waals surface area contributed by atoms with Crippen molar-refractivity contribution in [3.8, 4) is 11.1 Å². The fourth-order valence-electron chi connectivity index (χ4n) is 4.37. The SMILES string of the molecule is CC(=O)c1c(-c2ccc[nH]c2=O)c2cc(C)c(F)cc2n1Cc1cc2cc(F)c(F)cc2nc1Cl. The van der Waals surface area contributed by atoms with Crippen molar-refractivity contribution in [1.82, 2.24) is 14.5 Å². The zero-order chi connectivity index (χ0) is 25.0. The Morgan fingerprint density at radius 3 is 2.54 bits per heavy atom. The molecule has 176 valence electrons. The maximum atomic E-state index is 14.7. The Hall–Kier alpha value is -3.91. The third-order valence-corrected chi connectivity index (χ3v) is 6.30. The van der Waals surface area contributed by atoms with E-state index in [2.05, 4.69) is 9.97 Å². The molecule has 3 aromatic heterocycles. The van der Waals surface area contributed by atoms with Gasteiger partial charge in [-0.05, 0) is 48.9 Å². The minimum atomic E-state index is -1.05. The molecular formula is C26H17ClF3N3O2. The Labute approximate surface area is 201 Å². The molecule has 0 spiro atoms. The number of hydrogen-bond donors (Lipinski definition) is 1. The van der Waals surface area contributed by atoms with Crippen LogP contribution in [0.25, 0.3) is 32.9 Å². The average Bonchev–Trinajstić information content (AvgIpc) is 3.09. The maximum absolute atomic E-state index is 14.7. The van der Waals surface area contributed by atoms with Crippen molar-refractivity contribution in [3.05, 3.63) is 98.4 Å². The molecule has 0 unspecified atom stereocenters. The molecule has 0 atom stereocenters. The lowest BCUT2D eigenvalue weighted by molar-refractivity contribution is 0.101. The Morgan fingerprint density at radius 2 is 1.83 bits per heavy atom. The second kappa shape index (κ2) is 8.39. The van der Waals surface area contributed by atoms with Crippen LogP contribution in [0.5, 0.6) is 0 Å². The summed E-state index contributed by atoms with van der Waals surface area (Å²) in [5.74, 6) is -2.92. The van der Waals surface area contributed by atoms with Gasteiger partial charge >= 0.3 is 0 Å². The van der Waals surface area contributed by atoms with Gasteiger partial charge in [-0.2, -0.15) is 0 Å². The quantitative estimate of drug-likeness (QED) is 0.239. The van der Waals surface area contributed by atoms with Gasteiger partial charge in [-0.15, -0.1) is 0 Å². The van der Waals surface area contributed by atoms with Gasteiger partial charge in [0, 0.05) is 46.6 Å². The van der Waals surface area contributed by atoms with E-state index >= 15 is 0 Å². The number of Topliss-reactive ketones (excluding diaryl/α,β-unsaturated/α-hetero) is 1. The zero-order valence-corrected chi connectivity index (χ0v) is 19.3. The molecular weight excluding hydrogens is 479 g/mol. The van der Waals surface area contributed by atoms with Gasteiger partial charge in [0.15, 0.2) is 17.4 Å². The molecule has 5 rings (SSSR count). The van der Waals surface area contributed by atoms with E-state index in [0.29, 0.717) is 33.0 Å². The number of nitrogens with zero attached hydrogens (tertiary/aromatic N) is 2. The number of nitrogens with one attached hydrogen (secondary N) is 1. The van der Waals surface area contributed by atoms with Crippen molar-refractivity contribution in [2.45, 2.75) is 20.4 Å². The molecule has 0 fully saturated rings. The van der Waals surface area contributed by atoms with Crippen molar-refractivity contribution in [2.75, 3.05) is 0 Å². The van der Waals surface area contributed by atoms with Crippen molar-refractivity contribution in [2.24, 2.45) is 0 Å². The first-order chi connectivity index (χ1) is 16.7. The van der Waals surface area contributed by atoms with Gasteiger partial charge in [-0.3, -0.25) is 9.59 Å². The molecule has 0 aliphatic rings. The molecule has 0 aliphatic heterocycles.